The van der Waals surface area contributed by atoms with Crippen LogP contribution in [0.3, 0.4) is 0 Å². The van der Waals surface area contributed by atoms with Gasteiger partial charge in [-0.3, -0.25) is 4.98 Å². The van der Waals surface area contributed by atoms with E-state index >= 15 is 0 Å². The van der Waals surface area contributed by atoms with E-state index in [1.54, 1.807) is 29.4 Å². The van der Waals surface area contributed by atoms with E-state index < -0.39 is 6.61 Å². The number of anilines is 1. The number of hydrogen-bond donors (Lipinski definition) is 1. The first-order chi connectivity index (χ1) is 11.6. The number of ether oxygens (including phenoxy) is 1. The van der Waals surface area contributed by atoms with Gasteiger partial charge in [0.1, 0.15) is 5.75 Å². The number of nitrogens with one attached hydrogen (secondary N) is 1. The van der Waals surface area contributed by atoms with Crippen molar-refractivity contribution in [2.45, 2.75) is 25.5 Å². The zero-order valence-corrected chi connectivity index (χ0v) is 12.9. The number of aromatic nitrogens is 1. The molecule has 1 aliphatic rings. The molecule has 0 aliphatic carbocycles. The van der Waals surface area contributed by atoms with Gasteiger partial charge in [0.2, 0.25) is 0 Å². The van der Waals surface area contributed by atoms with E-state index in [-0.39, 0.29) is 23.5 Å². The van der Waals surface area contributed by atoms with Crippen LogP contribution in [0.25, 0.3) is 0 Å². The second-order valence-electron chi connectivity index (χ2n) is 5.44. The summed E-state index contributed by atoms with van der Waals surface area (Å²) >= 11 is 0. The van der Waals surface area contributed by atoms with Gasteiger partial charge in [0, 0.05) is 18.9 Å². The van der Waals surface area contributed by atoms with Crippen LogP contribution in [0.4, 0.5) is 19.3 Å². The lowest BCUT2D eigenvalue weighted by molar-refractivity contribution is -0.0493. The maximum Gasteiger partial charge on any atom is 0.387 e. The predicted molar refractivity (Wildman–Crippen MR) is 85.0 cm³/mol. The van der Waals surface area contributed by atoms with E-state index in [1.807, 2.05) is 12.1 Å². The number of benzene rings is 1. The summed E-state index contributed by atoms with van der Waals surface area (Å²) in [6.45, 7) is -2.34. The Morgan fingerprint density at radius 2 is 2.00 bits per heavy atom. The van der Waals surface area contributed by atoms with Crippen LogP contribution >= 0.6 is 0 Å². The summed E-state index contributed by atoms with van der Waals surface area (Å²) in [4.78, 5) is 18.3. The highest BCUT2D eigenvalue weighted by Crippen LogP contribution is 2.33. The second-order valence-corrected chi connectivity index (χ2v) is 5.44. The van der Waals surface area contributed by atoms with Crippen LogP contribution in [0.15, 0.2) is 48.8 Å². The molecule has 7 heteroatoms. The molecule has 5 nitrogen and oxygen atoms in total. The first-order valence-electron chi connectivity index (χ1n) is 7.66. The third-order valence-electron chi connectivity index (χ3n) is 3.95. The summed E-state index contributed by atoms with van der Waals surface area (Å²) in [5, 5.41) is 2.67. The highest BCUT2D eigenvalue weighted by molar-refractivity contribution is 5.91. The number of carbonyl (C=O) groups is 1. The Labute approximate surface area is 138 Å². The van der Waals surface area contributed by atoms with E-state index in [1.165, 1.54) is 12.1 Å². The molecule has 1 aliphatic heterocycles. The molecular weight excluding hydrogens is 316 g/mol. The first-order valence-corrected chi connectivity index (χ1v) is 7.66. The molecule has 0 saturated carbocycles. The topological polar surface area (TPSA) is 54.5 Å². The molecule has 24 heavy (non-hydrogen) atoms. The van der Waals surface area contributed by atoms with Gasteiger partial charge in [-0.2, -0.15) is 8.78 Å². The maximum absolute atomic E-state index is 12.6. The Hall–Kier alpha value is -2.70. The van der Waals surface area contributed by atoms with Crippen molar-refractivity contribution in [2.24, 2.45) is 0 Å². The van der Waals surface area contributed by atoms with Crippen molar-refractivity contribution in [3.63, 3.8) is 0 Å². The average Bonchev–Trinajstić information content (AvgIpc) is 3.07. The Bertz CT molecular complexity index is 697. The largest absolute Gasteiger partial charge is 0.433 e. The molecular formula is C17H17F2N3O2. The fraction of sp³-hybridized carbons (Fsp3) is 0.294. The number of pyridine rings is 1. The van der Waals surface area contributed by atoms with Crippen LogP contribution in [0.2, 0.25) is 0 Å². The summed E-state index contributed by atoms with van der Waals surface area (Å²) in [6.07, 6.45) is 5.12. The molecule has 0 radical (unpaired) electrons. The number of para-hydroxylation sites is 2. The van der Waals surface area contributed by atoms with Gasteiger partial charge in [0.25, 0.3) is 0 Å². The predicted octanol–water partition coefficient (Wildman–Crippen LogP) is 4.05. The van der Waals surface area contributed by atoms with Crippen molar-refractivity contribution in [2.75, 3.05) is 11.9 Å². The zero-order valence-electron chi connectivity index (χ0n) is 12.9. The Kier molecular flexibility index (Phi) is 4.88. The molecule has 2 aromatic rings. The van der Waals surface area contributed by atoms with Crippen molar-refractivity contribution >= 4 is 11.7 Å². The minimum atomic E-state index is -2.94. The summed E-state index contributed by atoms with van der Waals surface area (Å²) in [5.74, 6) is -0.0551. The van der Waals surface area contributed by atoms with Crippen LogP contribution in [0.5, 0.6) is 5.75 Å². The van der Waals surface area contributed by atoms with Crippen LogP contribution in [0.1, 0.15) is 24.4 Å². The van der Waals surface area contributed by atoms with Gasteiger partial charge in [0.15, 0.2) is 0 Å². The summed E-state index contributed by atoms with van der Waals surface area (Å²) in [5.41, 5.74) is 1.23. The highest BCUT2D eigenvalue weighted by Gasteiger charge is 2.30. The van der Waals surface area contributed by atoms with Gasteiger partial charge < -0.3 is 15.0 Å². The number of carbonyl (C=O) groups excluding carboxylic acids is 1. The van der Waals surface area contributed by atoms with E-state index in [0.717, 1.165) is 18.4 Å². The minimum Gasteiger partial charge on any atom is -0.433 e. The average molecular weight is 333 g/mol. The van der Waals surface area contributed by atoms with E-state index in [0.29, 0.717) is 6.54 Å². The van der Waals surface area contributed by atoms with Crippen LogP contribution in [0, 0.1) is 0 Å². The van der Waals surface area contributed by atoms with Gasteiger partial charge in [0.05, 0.1) is 11.7 Å². The van der Waals surface area contributed by atoms with Crippen LogP contribution in [-0.2, 0) is 0 Å². The number of nitrogens with zero attached hydrogens (tertiary/aromatic N) is 2. The number of alkyl halides is 2. The smallest absolute Gasteiger partial charge is 0.387 e. The third-order valence-corrected chi connectivity index (χ3v) is 3.95. The molecule has 0 spiro atoms. The number of hydrogen-bond acceptors (Lipinski definition) is 3. The fourth-order valence-corrected chi connectivity index (χ4v) is 2.90. The van der Waals surface area contributed by atoms with Gasteiger partial charge in [-0.1, -0.05) is 12.1 Å². The van der Waals surface area contributed by atoms with Crippen LogP contribution < -0.4 is 10.1 Å². The molecule has 1 fully saturated rings. The molecule has 1 unspecified atom stereocenters. The molecule has 126 valence electrons. The second kappa shape index (κ2) is 7.25. The maximum atomic E-state index is 12.6. The third kappa shape index (κ3) is 3.61. The minimum absolute atomic E-state index is 0.0452. The molecule has 1 N–H and O–H groups in total. The fourth-order valence-electron chi connectivity index (χ4n) is 2.90. The van der Waals surface area contributed by atoms with Crippen molar-refractivity contribution in [3.05, 3.63) is 54.4 Å². The lowest BCUT2D eigenvalue weighted by Crippen LogP contribution is -2.34. The Morgan fingerprint density at radius 3 is 2.75 bits per heavy atom. The first kappa shape index (κ1) is 16.2. The van der Waals surface area contributed by atoms with Gasteiger partial charge in [-0.05, 0) is 42.7 Å². The highest BCUT2D eigenvalue weighted by atomic mass is 19.3. The Balaban J connectivity index is 1.75. The van der Waals surface area contributed by atoms with E-state index in [4.69, 9.17) is 0 Å². The van der Waals surface area contributed by atoms with Gasteiger partial charge >= 0.3 is 12.6 Å². The SMILES string of the molecule is O=C(Nc1ccccc1OC(F)F)N1CCCC1c1ccncc1. The zero-order chi connectivity index (χ0) is 16.9. The number of rotatable bonds is 4. The molecule has 1 atom stereocenters. The Morgan fingerprint density at radius 1 is 1.25 bits per heavy atom. The normalized spacial score (nSPS) is 17.1. The summed E-state index contributed by atoms with van der Waals surface area (Å²) in [6, 6.07) is 9.53. The standard InChI is InChI=1S/C17H17F2N3O2/c18-16(19)24-15-6-2-1-4-13(15)21-17(23)22-11-3-5-14(22)12-7-9-20-10-8-12/h1-2,4,6-10,14,16H,3,5,11H2,(H,21,23). The molecule has 1 aromatic carbocycles. The van der Waals surface area contributed by atoms with Crippen LogP contribution in [-0.4, -0.2) is 29.1 Å². The van der Waals surface area contributed by atoms with E-state index in [9.17, 15) is 13.6 Å². The number of halogens is 2. The molecule has 2 amide bonds. The van der Waals surface area contributed by atoms with Crippen molar-refractivity contribution in [1.82, 2.24) is 9.88 Å². The molecule has 2 heterocycles. The summed E-state index contributed by atoms with van der Waals surface area (Å²) < 4.78 is 29.4. The number of urea groups is 1. The monoisotopic (exact) mass is 333 g/mol. The number of likely N-dealkylation sites (tertiary alicyclic amines) is 1. The lowest BCUT2D eigenvalue weighted by atomic mass is 10.1. The molecule has 0 bridgehead atoms. The summed E-state index contributed by atoms with van der Waals surface area (Å²) in [7, 11) is 0. The molecule has 3 rings (SSSR count). The van der Waals surface area contributed by atoms with Crippen molar-refractivity contribution < 1.29 is 18.3 Å². The molecule has 1 aromatic heterocycles. The number of amides is 2. The van der Waals surface area contributed by atoms with Gasteiger partial charge in [-0.25, -0.2) is 4.79 Å². The van der Waals surface area contributed by atoms with Crippen molar-refractivity contribution in [1.29, 1.82) is 0 Å². The van der Waals surface area contributed by atoms with Crippen molar-refractivity contribution in [3.8, 4) is 5.75 Å². The quantitative estimate of drug-likeness (QED) is 0.918. The lowest BCUT2D eigenvalue weighted by Gasteiger charge is -2.25. The van der Waals surface area contributed by atoms with E-state index in [2.05, 4.69) is 15.0 Å². The van der Waals surface area contributed by atoms with Gasteiger partial charge in [-0.15, -0.1) is 0 Å². The molecule has 1 saturated heterocycles.